The summed E-state index contributed by atoms with van der Waals surface area (Å²) < 4.78 is 4.96. The molecule has 0 spiro atoms. The lowest BCUT2D eigenvalue weighted by Crippen LogP contribution is -2.51. The van der Waals surface area contributed by atoms with Crippen LogP contribution < -0.4 is 11.1 Å². The van der Waals surface area contributed by atoms with Gasteiger partial charge >= 0.3 is 12.0 Å². The van der Waals surface area contributed by atoms with Crippen LogP contribution in [0.2, 0.25) is 0 Å². The van der Waals surface area contributed by atoms with Crippen LogP contribution in [0.3, 0.4) is 0 Å². The summed E-state index contributed by atoms with van der Waals surface area (Å²) in [5.74, 6) is -2.64. The van der Waals surface area contributed by atoms with Crippen LogP contribution in [0.25, 0.3) is 0 Å². The summed E-state index contributed by atoms with van der Waals surface area (Å²) in [5.41, 5.74) is 4.62. The van der Waals surface area contributed by atoms with Gasteiger partial charge in [0.15, 0.2) is 6.61 Å². The van der Waals surface area contributed by atoms with Crippen LogP contribution in [0.5, 0.6) is 0 Å². The van der Waals surface area contributed by atoms with Crippen molar-refractivity contribution in [1.29, 1.82) is 0 Å². The molecule has 160 valence electrons. The second kappa shape index (κ2) is 8.52. The molecule has 0 aliphatic carbocycles. The van der Waals surface area contributed by atoms with E-state index in [1.807, 2.05) is 0 Å². The van der Waals surface area contributed by atoms with Gasteiger partial charge in [0.05, 0.1) is 0 Å². The van der Waals surface area contributed by atoms with Crippen molar-refractivity contribution in [1.82, 2.24) is 15.1 Å². The van der Waals surface area contributed by atoms with Gasteiger partial charge in [0.1, 0.15) is 18.1 Å². The molecule has 2 aliphatic heterocycles. The van der Waals surface area contributed by atoms with Crippen LogP contribution in [0.15, 0.2) is 30.3 Å². The number of ether oxygens (including phenoxy) is 1. The van der Waals surface area contributed by atoms with Crippen molar-refractivity contribution >= 4 is 29.7 Å². The summed E-state index contributed by atoms with van der Waals surface area (Å²) >= 11 is 0. The summed E-state index contributed by atoms with van der Waals surface area (Å²) in [6, 6.07) is 7.22. The second-order valence-electron chi connectivity index (χ2n) is 7.47. The molecule has 2 heterocycles. The first-order chi connectivity index (χ1) is 14.2. The maximum atomic E-state index is 12.8. The van der Waals surface area contributed by atoms with E-state index < -0.39 is 54.5 Å². The summed E-state index contributed by atoms with van der Waals surface area (Å²) in [4.78, 5) is 63.2. The number of amides is 5. The fourth-order valence-corrected chi connectivity index (χ4v) is 3.73. The molecule has 10 nitrogen and oxygen atoms in total. The highest BCUT2D eigenvalue weighted by Gasteiger charge is 2.49. The van der Waals surface area contributed by atoms with E-state index in [-0.39, 0.29) is 0 Å². The molecule has 3 rings (SSSR count). The molecular formula is C20H24N4O6. The molecule has 2 saturated heterocycles. The third-order valence-corrected chi connectivity index (χ3v) is 5.42. The van der Waals surface area contributed by atoms with Crippen molar-refractivity contribution in [2.24, 2.45) is 5.73 Å². The molecule has 30 heavy (non-hydrogen) atoms. The number of likely N-dealkylation sites (tertiary alicyclic amines) is 1. The van der Waals surface area contributed by atoms with Crippen molar-refractivity contribution in [2.75, 3.05) is 19.7 Å². The third kappa shape index (κ3) is 4.12. The lowest BCUT2D eigenvalue weighted by molar-refractivity contribution is -0.156. The number of hydrogen-bond acceptors (Lipinski definition) is 6. The Morgan fingerprint density at radius 1 is 1.20 bits per heavy atom. The highest BCUT2D eigenvalue weighted by molar-refractivity contribution is 6.08. The number of carbonyl (C=O) groups excluding carboxylic acids is 5. The van der Waals surface area contributed by atoms with E-state index >= 15 is 0 Å². The Morgan fingerprint density at radius 2 is 1.90 bits per heavy atom. The molecule has 0 radical (unpaired) electrons. The largest absolute Gasteiger partial charge is 0.454 e. The number of carbonyl (C=O) groups is 5. The summed E-state index contributed by atoms with van der Waals surface area (Å²) in [6.07, 6.45) is 1.98. The van der Waals surface area contributed by atoms with Crippen molar-refractivity contribution in [3.8, 4) is 0 Å². The number of piperidine rings is 1. The van der Waals surface area contributed by atoms with E-state index in [0.29, 0.717) is 18.5 Å². The minimum absolute atomic E-state index is 0.354. The lowest BCUT2D eigenvalue weighted by atomic mass is 9.92. The zero-order chi connectivity index (χ0) is 21.9. The van der Waals surface area contributed by atoms with Crippen LogP contribution in [-0.4, -0.2) is 65.3 Å². The SMILES string of the molecule is C[C@@]1(c2ccccc2)NC(=O)N(CC(=O)OCC(=O)N2CCCC[C@@H]2C(N)=O)C1=O. The van der Waals surface area contributed by atoms with Crippen molar-refractivity contribution < 1.29 is 28.7 Å². The van der Waals surface area contributed by atoms with Crippen LogP contribution in [0.4, 0.5) is 4.79 Å². The first kappa shape index (κ1) is 21.3. The smallest absolute Gasteiger partial charge is 0.326 e. The van der Waals surface area contributed by atoms with Gasteiger partial charge < -0.3 is 20.7 Å². The molecule has 1 aromatic carbocycles. The Morgan fingerprint density at radius 3 is 2.57 bits per heavy atom. The number of hydrogen-bond donors (Lipinski definition) is 2. The summed E-state index contributed by atoms with van der Waals surface area (Å²) in [7, 11) is 0. The van der Waals surface area contributed by atoms with E-state index in [1.165, 1.54) is 4.90 Å². The zero-order valence-electron chi connectivity index (χ0n) is 16.6. The topological polar surface area (TPSA) is 139 Å². The Hall–Kier alpha value is -3.43. The fourth-order valence-electron chi connectivity index (χ4n) is 3.73. The molecule has 2 fully saturated rings. The molecule has 5 amide bonds. The van der Waals surface area contributed by atoms with Gasteiger partial charge in [0, 0.05) is 6.54 Å². The number of rotatable bonds is 6. The first-order valence-corrected chi connectivity index (χ1v) is 9.68. The summed E-state index contributed by atoms with van der Waals surface area (Å²) in [5, 5.41) is 2.59. The van der Waals surface area contributed by atoms with Gasteiger partial charge in [-0.2, -0.15) is 0 Å². The van der Waals surface area contributed by atoms with Crippen molar-refractivity contribution in [3.63, 3.8) is 0 Å². The van der Waals surface area contributed by atoms with E-state index in [2.05, 4.69) is 5.32 Å². The number of esters is 1. The standard InChI is InChI=1S/C20H24N4O6/c1-20(13-7-3-2-4-8-13)18(28)24(19(29)22-20)11-16(26)30-12-15(25)23-10-6-5-9-14(23)17(21)27/h2-4,7-8,14H,5-6,9-12H2,1H3,(H2,21,27)(H,22,29)/t14-,20+/m1/s1. The van der Waals surface area contributed by atoms with E-state index in [4.69, 9.17) is 10.5 Å². The molecule has 0 aromatic heterocycles. The number of urea groups is 1. The van der Waals surface area contributed by atoms with E-state index in [9.17, 15) is 24.0 Å². The number of nitrogens with two attached hydrogens (primary N) is 1. The van der Waals surface area contributed by atoms with E-state index in [1.54, 1.807) is 37.3 Å². The van der Waals surface area contributed by atoms with Gasteiger partial charge in [-0.05, 0) is 31.7 Å². The minimum atomic E-state index is -1.29. The molecule has 0 saturated carbocycles. The van der Waals surface area contributed by atoms with Gasteiger partial charge in [-0.25, -0.2) is 4.79 Å². The Balaban J connectivity index is 1.58. The number of primary amides is 1. The molecule has 0 bridgehead atoms. The Labute approximate surface area is 173 Å². The third-order valence-electron chi connectivity index (χ3n) is 5.42. The number of benzene rings is 1. The van der Waals surface area contributed by atoms with Gasteiger partial charge in [-0.1, -0.05) is 30.3 Å². The van der Waals surface area contributed by atoms with Gasteiger partial charge in [-0.15, -0.1) is 0 Å². The Bertz CT molecular complexity index is 873. The average molecular weight is 416 g/mol. The summed E-state index contributed by atoms with van der Waals surface area (Å²) in [6.45, 7) is 0.687. The monoisotopic (exact) mass is 416 g/mol. The molecule has 0 unspecified atom stereocenters. The molecule has 3 N–H and O–H groups in total. The molecule has 10 heteroatoms. The quantitative estimate of drug-likeness (QED) is 0.489. The highest BCUT2D eigenvalue weighted by atomic mass is 16.5. The number of nitrogens with zero attached hydrogens (tertiary/aromatic N) is 2. The molecule has 2 atom stereocenters. The predicted octanol–water partition coefficient (Wildman–Crippen LogP) is -0.137. The normalized spacial score (nSPS) is 23.8. The number of imide groups is 1. The molecule has 1 aromatic rings. The maximum Gasteiger partial charge on any atom is 0.326 e. The van der Waals surface area contributed by atoms with E-state index in [0.717, 1.165) is 17.7 Å². The zero-order valence-corrected chi connectivity index (χ0v) is 16.6. The van der Waals surface area contributed by atoms with Crippen LogP contribution in [-0.2, 0) is 29.5 Å². The van der Waals surface area contributed by atoms with Crippen LogP contribution >= 0.6 is 0 Å². The number of nitrogens with one attached hydrogen (secondary N) is 1. The van der Waals surface area contributed by atoms with Crippen LogP contribution in [0, 0.1) is 0 Å². The molecular weight excluding hydrogens is 392 g/mol. The Kier molecular flexibility index (Phi) is 6.04. The van der Waals surface area contributed by atoms with Gasteiger partial charge in [0.2, 0.25) is 5.91 Å². The highest BCUT2D eigenvalue weighted by Crippen LogP contribution is 2.28. The minimum Gasteiger partial charge on any atom is -0.454 e. The maximum absolute atomic E-state index is 12.8. The van der Waals surface area contributed by atoms with Gasteiger partial charge in [0.25, 0.3) is 11.8 Å². The molecule has 2 aliphatic rings. The lowest BCUT2D eigenvalue weighted by Gasteiger charge is -2.33. The van der Waals surface area contributed by atoms with Gasteiger partial charge in [-0.3, -0.25) is 24.1 Å². The predicted molar refractivity (Wildman–Crippen MR) is 104 cm³/mol. The first-order valence-electron chi connectivity index (χ1n) is 9.68. The van der Waals surface area contributed by atoms with Crippen molar-refractivity contribution in [3.05, 3.63) is 35.9 Å². The van der Waals surface area contributed by atoms with Crippen molar-refractivity contribution in [2.45, 2.75) is 37.8 Å². The average Bonchev–Trinajstić information content (AvgIpc) is 2.96. The van der Waals surface area contributed by atoms with Crippen LogP contribution in [0.1, 0.15) is 31.7 Å². The fraction of sp³-hybridized carbons (Fsp3) is 0.450. The second-order valence-corrected chi connectivity index (χ2v) is 7.47.